The molecule has 7 heteroatoms. The van der Waals surface area contributed by atoms with E-state index in [0.29, 0.717) is 26.6 Å². The molecule has 0 spiro atoms. The Morgan fingerprint density at radius 1 is 1.13 bits per heavy atom. The van der Waals surface area contributed by atoms with Crippen molar-refractivity contribution in [2.45, 2.75) is 6.54 Å². The second-order valence-electron chi connectivity index (χ2n) is 4.90. The fraction of sp³-hybridized carbons (Fsp3) is 0.0625. The fourth-order valence-corrected chi connectivity index (χ4v) is 2.53. The minimum atomic E-state index is -0.349. The molecule has 1 amide bonds. The summed E-state index contributed by atoms with van der Waals surface area (Å²) in [5.74, 6) is -0.349. The zero-order chi connectivity index (χ0) is 16.4. The van der Waals surface area contributed by atoms with Crippen LogP contribution in [0, 0.1) is 0 Å². The van der Waals surface area contributed by atoms with Gasteiger partial charge in [-0.1, -0.05) is 29.3 Å². The van der Waals surface area contributed by atoms with Crippen LogP contribution in [0.3, 0.4) is 0 Å². The van der Waals surface area contributed by atoms with E-state index in [1.807, 2.05) is 0 Å². The standard InChI is InChI=1S/C16H11Cl2N3O2/c17-10-2-1-3-12(6-10)20-15(22)8-21-9-19-14-5-4-11(18)7-13(14)16(21)23/h1-7,9H,8H2,(H,20,22). The van der Waals surface area contributed by atoms with Crippen molar-refractivity contribution >= 4 is 45.7 Å². The van der Waals surface area contributed by atoms with Gasteiger partial charge in [0.05, 0.1) is 17.2 Å². The lowest BCUT2D eigenvalue weighted by Gasteiger charge is -2.08. The van der Waals surface area contributed by atoms with Crippen molar-refractivity contribution in [3.63, 3.8) is 0 Å². The van der Waals surface area contributed by atoms with Crippen LogP contribution in [-0.4, -0.2) is 15.5 Å². The molecule has 0 saturated carbocycles. The SMILES string of the molecule is O=C(Cn1cnc2ccc(Cl)cc2c1=O)Nc1cccc(Cl)c1. The number of aromatic nitrogens is 2. The lowest BCUT2D eigenvalue weighted by Crippen LogP contribution is -2.27. The van der Waals surface area contributed by atoms with Gasteiger partial charge in [-0.3, -0.25) is 14.2 Å². The predicted molar refractivity (Wildman–Crippen MR) is 91.1 cm³/mol. The van der Waals surface area contributed by atoms with E-state index in [2.05, 4.69) is 10.3 Å². The van der Waals surface area contributed by atoms with Gasteiger partial charge in [-0.05, 0) is 36.4 Å². The highest BCUT2D eigenvalue weighted by Crippen LogP contribution is 2.15. The van der Waals surface area contributed by atoms with Crippen molar-refractivity contribution < 1.29 is 4.79 Å². The largest absolute Gasteiger partial charge is 0.324 e. The summed E-state index contributed by atoms with van der Waals surface area (Å²) in [5.41, 5.74) is 0.775. The Morgan fingerprint density at radius 2 is 1.91 bits per heavy atom. The molecule has 0 aliphatic rings. The highest BCUT2D eigenvalue weighted by atomic mass is 35.5. The first-order valence-electron chi connectivity index (χ1n) is 6.73. The predicted octanol–water partition coefficient (Wildman–Crippen LogP) is 3.34. The number of hydrogen-bond acceptors (Lipinski definition) is 3. The Morgan fingerprint density at radius 3 is 2.70 bits per heavy atom. The minimum absolute atomic E-state index is 0.152. The monoisotopic (exact) mass is 347 g/mol. The first kappa shape index (κ1) is 15.5. The highest BCUT2D eigenvalue weighted by Gasteiger charge is 2.09. The Bertz CT molecular complexity index is 953. The second-order valence-corrected chi connectivity index (χ2v) is 5.77. The maximum atomic E-state index is 12.4. The molecule has 23 heavy (non-hydrogen) atoms. The van der Waals surface area contributed by atoms with Crippen molar-refractivity contribution in [2.24, 2.45) is 0 Å². The molecule has 3 aromatic rings. The van der Waals surface area contributed by atoms with E-state index in [9.17, 15) is 9.59 Å². The number of amides is 1. The van der Waals surface area contributed by atoms with Crippen LogP contribution in [0.1, 0.15) is 0 Å². The van der Waals surface area contributed by atoms with Gasteiger partial charge in [0.2, 0.25) is 5.91 Å². The highest BCUT2D eigenvalue weighted by molar-refractivity contribution is 6.31. The maximum Gasteiger partial charge on any atom is 0.261 e. The van der Waals surface area contributed by atoms with Crippen molar-refractivity contribution in [3.05, 3.63) is 69.2 Å². The molecule has 3 rings (SSSR count). The molecule has 1 heterocycles. The molecule has 5 nitrogen and oxygen atoms in total. The average molecular weight is 348 g/mol. The Kier molecular flexibility index (Phi) is 4.32. The quantitative estimate of drug-likeness (QED) is 0.790. The third-order valence-electron chi connectivity index (χ3n) is 3.21. The lowest BCUT2D eigenvalue weighted by atomic mass is 10.2. The van der Waals surface area contributed by atoms with Gasteiger partial charge in [-0.15, -0.1) is 0 Å². The van der Waals surface area contributed by atoms with Gasteiger partial charge in [-0.25, -0.2) is 4.98 Å². The van der Waals surface area contributed by atoms with E-state index in [1.165, 1.54) is 17.0 Å². The zero-order valence-electron chi connectivity index (χ0n) is 11.8. The molecule has 0 saturated heterocycles. The number of anilines is 1. The zero-order valence-corrected chi connectivity index (χ0v) is 13.3. The average Bonchev–Trinajstić information content (AvgIpc) is 2.50. The fourth-order valence-electron chi connectivity index (χ4n) is 2.17. The number of carbonyl (C=O) groups is 1. The summed E-state index contributed by atoms with van der Waals surface area (Å²) < 4.78 is 1.23. The number of benzene rings is 2. The topological polar surface area (TPSA) is 64.0 Å². The van der Waals surface area contributed by atoms with Crippen LogP contribution >= 0.6 is 23.2 Å². The summed E-state index contributed by atoms with van der Waals surface area (Å²) in [6.07, 6.45) is 1.34. The summed E-state index contributed by atoms with van der Waals surface area (Å²) in [6, 6.07) is 11.6. The van der Waals surface area contributed by atoms with Crippen LogP contribution < -0.4 is 10.9 Å². The molecule has 1 aromatic heterocycles. The van der Waals surface area contributed by atoms with E-state index in [1.54, 1.807) is 36.4 Å². The number of fused-ring (bicyclic) bond motifs is 1. The number of halogens is 2. The Balaban J connectivity index is 1.85. The summed E-state index contributed by atoms with van der Waals surface area (Å²) in [5, 5.41) is 4.01. The Hall–Kier alpha value is -2.37. The smallest absolute Gasteiger partial charge is 0.261 e. The molecule has 116 valence electrons. The number of nitrogens with one attached hydrogen (secondary N) is 1. The normalized spacial score (nSPS) is 10.7. The van der Waals surface area contributed by atoms with Gasteiger partial charge in [-0.2, -0.15) is 0 Å². The maximum absolute atomic E-state index is 12.4. The first-order valence-corrected chi connectivity index (χ1v) is 7.48. The number of hydrogen-bond donors (Lipinski definition) is 1. The molecule has 0 atom stereocenters. The van der Waals surface area contributed by atoms with Gasteiger partial charge in [0.25, 0.3) is 5.56 Å². The minimum Gasteiger partial charge on any atom is -0.324 e. The molecule has 0 radical (unpaired) electrons. The third-order valence-corrected chi connectivity index (χ3v) is 3.68. The van der Waals surface area contributed by atoms with Crippen LogP contribution in [0.15, 0.2) is 53.6 Å². The van der Waals surface area contributed by atoms with Crippen LogP contribution in [-0.2, 0) is 11.3 Å². The summed E-state index contributed by atoms with van der Waals surface area (Å²) in [7, 11) is 0. The van der Waals surface area contributed by atoms with Crippen LogP contribution in [0.4, 0.5) is 5.69 Å². The summed E-state index contributed by atoms with van der Waals surface area (Å²) in [4.78, 5) is 28.6. The van der Waals surface area contributed by atoms with Gasteiger partial charge in [0.1, 0.15) is 6.54 Å². The van der Waals surface area contributed by atoms with E-state index in [0.717, 1.165) is 0 Å². The Labute approximate surface area is 141 Å². The second kappa shape index (κ2) is 6.40. The van der Waals surface area contributed by atoms with Gasteiger partial charge >= 0.3 is 0 Å². The van der Waals surface area contributed by atoms with Crippen molar-refractivity contribution in [3.8, 4) is 0 Å². The van der Waals surface area contributed by atoms with Crippen LogP contribution in [0.5, 0.6) is 0 Å². The number of nitrogens with zero attached hydrogens (tertiary/aromatic N) is 2. The van der Waals surface area contributed by atoms with Gasteiger partial charge in [0.15, 0.2) is 0 Å². The van der Waals surface area contributed by atoms with Crippen molar-refractivity contribution in [2.75, 3.05) is 5.32 Å². The van der Waals surface area contributed by atoms with E-state index >= 15 is 0 Å². The molecule has 0 fully saturated rings. The van der Waals surface area contributed by atoms with E-state index in [-0.39, 0.29) is 18.0 Å². The molecule has 1 N–H and O–H groups in total. The van der Waals surface area contributed by atoms with Crippen LogP contribution in [0.2, 0.25) is 10.0 Å². The molecule has 0 unspecified atom stereocenters. The first-order chi connectivity index (χ1) is 11.0. The summed E-state index contributed by atoms with van der Waals surface area (Å²) in [6.45, 7) is -0.152. The van der Waals surface area contributed by atoms with Crippen LogP contribution in [0.25, 0.3) is 10.9 Å². The molecule has 0 bridgehead atoms. The molecular formula is C16H11Cl2N3O2. The molecule has 2 aromatic carbocycles. The van der Waals surface area contributed by atoms with Gasteiger partial charge < -0.3 is 5.32 Å². The molecular weight excluding hydrogens is 337 g/mol. The van der Waals surface area contributed by atoms with Gasteiger partial charge in [0, 0.05) is 15.7 Å². The molecule has 0 aliphatic carbocycles. The third kappa shape index (κ3) is 3.52. The van der Waals surface area contributed by atoms with Crippen molar-refractivity contribution in [1.82, 2.24) is 9.55 Å². The van der Waals surface area contributed by atoms with Crippen molar-refractivity contribution in [1.29, 1.82) is 0 Å². The van der Waals surface area contributed by atoms with E-state index < -0.39 is 0 Å². The number of rotatable bonds is 3. The lowest BCUT2D eigenvalue weighted by molar-refractivity contribution is -0.116. The summed E-state index contributed by atoms with van der Waals surface area (Å²) >= 11 is 11.8. The van der Waals surface area contributed by atoms with E-state index in [4.69, 9.17) is 23.2 Å². The molecule has 0 aliphatic heterocycles. The number of carbonyl (C=O) groups excluding carboxylic acids is 1.